The molecule has 0 bridgehead atoms. The van der Waals surface area contributed by atoms with E-state index in [0.29, 0.717) is 41.1 Å². The van der Waals surface area contributed by atoms with Gasteiger partial charge in [-0.1, -0.05) is 32.0 Å². The van der Waals surface area contributed by atoms with Crippen molar-refractivity contribution in [2.24, 2.45) is 5.41 Å². The molecule has 0 saturated carbocycles. The van der Waals surface area contributed by atoms with Crippen LogP contribution in [0, 0.1) is 22.5 Å². The molecule has 2 N–H and O–H groups in total. The highest BCUT2D eigenvalue weighted by atomic mass is 16.6. The molecule has 1 aromatic heterocycles. The van der Waals surface area contributed by atoms with Crippen LogP contribution >= 0.6 is 0 Å². The summed E-state index contributed by atoms with van der Waals surface area (Å²) in [5.74, 6) is -0.618. The molecule has 1 unspecified atom stereocenters. The first kappa shape index (κ1) is 22.4. The zero-order valence-electron chi connectivity index (χ0n) is 19.1. The maximum Gasteiger partial charge on any atom is 0.269 e. The summed E-state index contributed by atoms with van der Waals surface area (Å²) in [6.45, 7) is 7.81. The van der Waals surface area contributed by atoms with Crippen LogP contribution in [0.2, 0.25) is 0 Å². The molecule has 33 heavy (non-hydrogen) atoms. The highest BCUT2D eigenvalue weighted by molar-refractivity contribution is 6.09. The van der Waals surface area contributed by atoms with Crippen molar-refractivity contribution in [1.29, 1.82) is 0 Å². The third-order valence-electron chi connectivity index (χ3n) is 6.07. The van der Waals surface area contributed by atoms with E-state index in [1.165, 1.54) is 12.1 Å². The van der Waals surface area contributed by atoms with Gasteiger partial charge in [0.15, 0.2) is 5.78 Å². The van der Waals surface area contributed by atoms with Gasteiger partial charge in [-0.3, -0.25) is 19.7 Å². The lowest BCUT2D eigenvalue weighted by molar-refractivity contribution is -0.384. The second-order valence-corrected chi connectivity index (χ2v) is 9.45. The smallest absolute Gasteiger partial charge is 0.269 e. The summed E-state index contributed by atoms with van der Waals surface area (Å²) in [6, 6.07) is 9.62. The standard InChI is InChI=1S/C25H26N4O4/c1-14-5-10-20(26-13-14)28-24(31)21-15(2)27-18-11-25(3,4)12-19(30)23(18)22(21)16-6-8-17(9-7-16)29(32)33/h5-10,13,22,27H,11-12H2,1-4H3,(H,26,28,31). The highest BCUT2D eigenvalue weighted by Gasteiger charge is 2.42. The number of carbonyl (C=O) groups excluding carboxylic acids is 2. The number of anilines is 1. The number of aromatic nitrogens is 1. The molecule has 0 spiro atoms. The number of nitro benzene ring substituents is 1. The number of ketones is 1. The van der Waals surface area contributed by atoms with E-state index in [0.717, 1.165) is 11.3 Å². The van der Waals surface area contributed by atoms with Crippen LogP contribution in [-0.2, 0) is 9.59 Å². The van der Waals surface area contributed by atoms with E-state index in [1.54, 1.807) is 24.4 Å². The van der Waals surface area contributed by atoms with Crippen LogP contribution in [0.5, 0.6) is 0 Å². The third kappa shape index (κ3) is 4.41. The normalized spacial score (nSPS) is 19.6. The van der Waals surface area contributed by atoms with Gasteiger partial charge >= 0.3 is 0 Å². The van der Waals surface area contributed by atoms with Crippen molar-refractivity contribution < 1.29 is 14.5 Å². The summed E-state index contributed by atoms with van der Waals surface area (Å²) >= 11 is 0. The van der Waals surface area contributed by atoms with Gasteiger partial charge in [0.2, 0.25) is 0 Å². The summed E-state index contributed by atoms with van der Waals surface area (Å²) < 4.78 is 0. The number of allylic oxidation sites excluding steroid dienone is 3. The molecule has 1 aliphatic heterocycles. The van der Waals surface area contributed by atoms with Crippen LogP contribution in [0.25, 0.3) is 0 Å². The van der Waals surface area contributed by atoms with Gasteiger partial charge < -0.3 is 10.6 Å². The van der Waals surface area contributed by atoms with Crippen molar-refractivity contribution >= 4 is 23.2 Å². The van der Waals surface area contributed by atoms with E-state index in [-0.39, 0.29) is 22.8 Å². The summed E-state index contributed by atoms with van der Waals surface area (Å²) in [5, 5.41) is 17.3. The fraction of sp³-hybridized carbons (Fsp3) is 0.320. The third-order valence-corrected chi connectivity index (χ3v) is 6.07. The maximum atomic E-state index is 13.4. The van der Waals surface area contributed by atoms with E-state index in [2.05, 4.69) is 15.6 Å². The SMILES string of the molecule is CC1=C(C(=O)Nc2ccc(C)cn2)C(c2ccc([N+](=O)[O-])cc2)C2=C(CC(C)(C)CC2=O)N1. The first-order valence-electron chi connectivity index (χ1n) is 10.8. The van der Waals surface area contributed by atoms with Gasteiger partial charge in [-0.25, -0.2) is 4.98 Å². The van der Waals surface area contributed by atoms with Gasteiger partial charge in [0, 0.05) is 53.2 Å². The number of hydrogen-bond donors (Lipinski definition) is 2. The van der Waals surface area contributed by atoms with Gasteiger partial charge in [0.05, 0.1) is 4.92 Å². The number of Topliss-reactive ketones (excluding diaryl/α,β-unsaturated/α-hetero) is 1. The summed E-state index contributed by atoms with van der Waals surface area (Å²) in [6.07, 6.45) is 2.70. The number of dihydropyridines is 1. The molecule has 1 amide bonds. The second-order valence-electron chi connectivity index (χ2n) is 9.45. The molecule has 4 rings (SSSR count). The lowest BCUT2D eigenvalue weighted by Crippen LogP contribution is -2.39. The Labute approximate surface area is 192 Å². The van der Waals surface area contributed by atoms with Gasteiger partial charge in [-0.2, -0.15) is 0 Å². The fourth-order valence-electron chi connectivity index (χ4n) is 4.58. The van der Waals surface area contributed by atoms with Crippen LogP contribution in [0.15, 0.2) is 65.1 Å². The van der Waals surface area contributed by atoms with Gasteiger partial charge in [-0.15, -0.1) is 0 Å². The van der Waals surface area contributed by atoms with Crippen LogP contribution in [0.1, 0.15) is 50.7 Å². The van der Waals surface area contributed by atoms with Crippen molar-refractivity contribution in [2.45, 2.75) is 46.5 Å². The first-order chi connectivity index (χ1) is 15.6. The van der Waals surface area contributed by atoms with Gasteiger partial charge in [-0.05, 0) is 42.9 Å². The number of nitrogens with one attached hydrogen (secondary N) is 2. The molecule has 8 nitrogen and oxygen atoms in total. The summed E-state index contributed by atoms with van der Waals surface area (Å²) in [5.41, 5.74) is 3.78. The molecule has 1 aromatic carbocycles. The van der Waals surface area contributed by atoms with Crippen LogP contribution in [0.4, 0.5) is 11.5 Å². The Kier molecular flexibility index (Phi) is 5.61. The Morgan fingerprint density at radius 3 is 2.45 bits per heavy atom. The van der Waals surface area contributed by atoms with Crippen molar-refractivity contribution in [3.63, 3.8) is 0 Å². The first-order valence-corrected chi connectivity index (χ1v) is 10.8. The number of nitro groups is 1. The molecule has 2 aromatic rings. The molecular weight excluding hydrogens is 420 g/mol. The Morgan fingerprint density at radius 2 is 1.85 bits per heavy atom. The van der Waals surface area contributed by atoms with Crippen molar-refractivity contribution in [3.05, 3.63) is 86.4 Å². The minimum absolute atomic E-state index is 0.0247. The Balaban J connectivity index is 1.80. The Bertz CT molecular complexity index is 1210. The number of hydrogen-bond acceptors (Lipinski definition) is 6. The molecule has 0 fully saturated rings. The zero-order valence-corrected chi connectivity index (χ0v) is 19.1. The molecular formula is C25H26N4O4. The number of rotatable bonds is 4. The lowest BCUT2D eigenvalue weighted by atomic mass is 9.68. The largest absolute Gasteiger partial charge is 0.362 e. The van der Waals surface area contributed by atoms with Gasteiger partial charge in [0.25, 0.3) is 11.6 Å². The van der Waals surface area contributed by atoms with Gasteiger partial charge in [0.1, 0.15) is 5.82 Å². The maximum absolute atomic E-state index is 13.4. The predicted molar refractivity (Wildman–Crippen MR) is 124 cm³/mol. The Hall–Kier alpha value is -3.81. The Morgan fingerprint density at radius 1 is 1.15 bits per heavy atom. The predicted octanol–water partition coefficient (Wildman–Crippen LogP) is 4.54. The number of aryl methyl sites for hydroxylation is 1. The van der Waals surface area contributed by atoms with Crippen molar-refractivity contribution in [3.8, 4) is 0 Å². The van der Waals surface area contributed by atoms with E-state index < -0.39 is 10.8 Å². The lowest BCUT2D eigenvalue weighted by Gasteiger charge is -2.39. The number of non-ortho nitro benzene ring substituents is 1. The minimum Gasteiger partial charge on any atom is -0.362 e. The van der Waals surface area contributed by atoms with E-state index in [4.69, 9.17) is 0 Å². The number of carbonyl (C=O) groups is 2. The second kappa shape index (κ2) is 8.27. The van der Waals surface area contributed by atoms with Crippen LogP contribution in [0.3, 0.4) is 0 Å². The molecule has 1 atom stereocenters. The zero-order chi connectivity index (χ0) is 23.9. The average molecular weight is 447 g/mol. The minimum atomic E-state index is -0.629. The summed E-state index contributed by atoms with van der Waals surface area (Å²) in [7, 11) is 0. The molecule has 2 aliphatic rings. The molecule has 2 heterocycles. The van der Waals surface area contributed by atoms with E-state index in [1.807, 2.05) is 33.8 Å². The van der Waals surface area contributed by atoms with Crippen LogP contribution < -0.4 is 10.6 Å². The topological polar surface area (TPSA) is 114 Å². The van der Waals surface area contributed by atoms with E-state index in [9.17, 15) is 19.7 Å². The highest BCUT2D eigenvalue weighted by Crippen LogP contribution is 2.46. The molecule has 170 valence electrons. The number of amides is 1. The molecule has 0 saturated heterocycles. The number of nitrogens with zero attached hydrogens (tertiary/aromatic N) is 2. The molecule has 8 heteroatoms. The van der Waals surface area contributed by atoms with E-state index >= 15 is 0 Å². The average Bonchev–Trinajstić information content (AvgIpc) is 2.73. The number of pyridine rings is 1. The van der Waals surface area contributed by atoms with Crippen LogP contribution in [-0.4, -0.2) is 21.6 Å². The molecule has 0 radical (unpaired) electrons. The summed E-state index contributed by atoms with van der Waals surface area (Å²) in [4.78, 5) is 41.7. The fourth-order valence-corrected chi connectivity index (χ4v) is 4.58. The molecule has 1 aliphatic carbocycles. The van der Waals surface area contributed by atoms with Crippen molar-refractivity contribution in [2.75, 3.05) is 5.32 Å². The monoisotopic (exact) mass is 446 g/mol. The van der Waals surface area contributed by atoms with Crippen molar-refractivity contribution in [1.82, 2.24) is 10.3 Å². The quantitative estimate of drug-likeness (QED) is 0.526. The number of benzene rings is 1.